The SMILES string of the molecule is CCOC(=O)C1CCC(=O)C(Oc2ccccc2Cl)C1. The first-order chi connectivity index (χ1) is 9.61. The molecule has 0 aromatic heterocycles. The summed E-state index contributed by atoms with van der Waals surface area (Å²) in [4.78, 5) is 23.7. The Balaban J connectivity index is 2.04. The minimum atomic E-state index is -0.627. The zero-order valence-corrected chi connectivity index (χ0v) is 12.1. The minimum Gasteiger partial charge on any atom is -0.481 e. The zero-order valence-electron chi connectivity index (χ0n) is 11.3. The van der Waals surface area contributed by atoms with Gasteiger partial charge in [0.15, 0.2) is 11.9 Å². The molecule has 0 amide bonds. The van der Waals surface area contributed by atoms with Crippen molar-refractivity contribution in [3.63, 3.8) is 0 Å². The van der Waals surface area contributed by atoms with E-state index in [-0.39, 0.29) is 17.7 Å². The molecule has 0 aliphatic heterocycles. The summed E-state index contributed by atoms with van der Waals surface area (Å²) < 4.78 is 10.7. The standard InChI is InChI=1S/C15H17ClO4/c1-2-19-15(18)10-7-8-12(17)14(9-10)20-13-6-4-3-5-11(13)16/h3-6,10,14H,2,7-9H2,1H3. The van der Waals surface area contributed by atoms with Crippen molar-refractivity contribution >= 4 is 23.4 Å². The highest BCUT2D eigenvalue weighted by Gasteiger charge is 2.35. The Morgan fingerprint density at radius 3 is 2.85 bits per heavy atom. The quantitative estimate of drug-likeness (QED) is 0.802. The van der Waals surface area contributed by atoms with Crippen molar-refractivity contribution in [2.75, 3.05) is 6.61 Å². The highest BCUT2D eigenvalue weighted by molar-refractivity contribution is 6.32. The number of ketones is 1. The van der Waals surface area contributed by atoms with Gasteiger partial charge in [0.2, 0.25) is 0 Å². The zero-order chi connectivity index (χ0) is 14.5. The normalized spacial score (nSPS) is 22.4. The molecule has 4 nitrogen and oxygen atoms in total. The predicted octanol–water partition coefficient (Wildman–Crippen LogP) is 3.02. The van der Waals surface area contributed by atoms with Gasteiger partial charge in [-0.1, -0.05) is 23.7 Å². The maximum atomic E-state index is 11.9. The third kappa shape index (κ3) is 3.51. The second-order valence-corrected chi connectivity index (χ2v) is 5.13. The van der Waals surface area contributed by atoms with Crippen LogP contribution in [-0.2, 0) is 14.3 Å². The predicted molar refractivity (Wildman–Crippen MR) is 74.8 cm³/mol. The van der Waals surface area contributed by atoms with E-state index in [0.29, 0.717) is 36.6 Å². The van der Waals surface area contributed by atoms with Crippen molar-refractivity contribution in [3.8, 4) is 5.75 Å². The molecule has 20 heavy (non-hydrogen) atoms. The average Bonchev–Trinajstić information content (AvgIpc) is 2.44. The number of esters is 1. The number of para-hydroxylation sites is 1. The smallest absolute Gasteiger partial charge is 0.309 e. The van der Waals surface area contributed by atoms with E-state index in [1.807, 2.05) is 0 Å². The number of hydrogen-bond acceptors (Lipinski definition) is 4. The molecule has 2 atom stereocenters. The Hall–Kier alpha value is -1.55. The first kappa shape index (κ1) is 14.9. The fraction of sp³-hybridized carbons (Fsp3) is 0.467. The second-order valence-electron chi connectivity index (χ2n) is 4.73. The van der Waals surface area contributed by atoms with E-state index >= 15 is 0 Å². The van der Waals surface area contributed by atoms with Crippen LogP contribution < -0.4 is 4.74 Å². The van der Waals surface area contributed by atoms with Gasteiger partial charge in [-0.25, -0.2) is 0 Å². The first-order valence-electron chi connectivity index (χ1n) is 6.72. The molecule has 1 aromatic rings. The second kappa shape index (κ2) is 6.75. The fourth-order valence-electron chi connectivity index (χ4n) is 2.27. The molecular weight excluding hydrogens is 280 g/mol. The van der Waals surface area contributed by atoms with E-state index in [1.54, 1.807) is 31.2 Å². The van der Waals surface area contributed by atoms with Crippen LogP contribution in [0, 0.1) is 5.92 Å². The Labute approximate surface area is 123 Å². The van der Waals surface area contributed by atoms with E-state index in [2.05, 4.69) is 0 Å². The Morgan fingerprint density at radius 2 is 2.15 bits per heavy atom. The number of halogens is 1. The van der Waals surface area contributed by atoms with Gasteiger partial charge in [-0.05, 0) is 25.5 Å². The molecule has 1 fully saturated rings. The molecule has 0 radical (unpaired) electrons. The average molecular weight is 297 g/mol. The number of benzene rings is 1. The summed E-state index contributed by atoms with van der Waals surface area (Å²) in [6.07, 6.45) is 0.583. The Morgan fingerprint density at radius 1 is 1.40 bits per heavy atom. The highest BCUT2D eigenvalue weighted by atomic mass is 35.5. The van der Waals surface area contributed by atoms with E-state index in [4.69, 9.17) is 21.1 Å². The van der Waals surface area contributed by atoms with E-state index in [9.17, 15) is 9.59 Å². The van der Waals surface area contributed by atoms with Crippen LogP contribution in [0.15, 0.2) is 24.3 Å². The summed E-state index contributed by atoms with van der Waals surface area (Å²) in [7, 11) is 0. The summed E-state index contributed by atoms with van der Waals surface area (Å²) in [5.74, 6) is -0.0598. The van der Waals surface area contributed by atoms with E-state index in [0.717, 1.165) is 0 Å². The molecule has 0 heterocycles. The summed E-state index contributed by atoms with van der Waals surface area (Å²) in [6.45, 7) is 2.11. The lowest BCUT2D eigenvalue weighted by atomic mass is 9.86. The molecule has 2 rings (SSSR count). The molecule has 1 saturated carbocycles. The highest BCUT2D eigenvalue weighted by Crippen LogP contribution is 2.30. The van der Waals surface area contributed by atoms with Gasteiger partial charge in [-0.15, -0.1) is 0 Å². The molecule has 0 N–H and O–H groups in total. The maximum absolute atomic E-state index is 11.9. The van der Waals surface area contributed by atoms with E-state index < -0.39 is 6.10 Å². The summed E-state index contributed by atoms with van der Waals surface area (Å²) in [5, 5.41) is 0.457. The third-order valence-electron chi connectivity index (χ3n) is 3.32. The van der Waals surface area contributed by atoms with Crippen molar-refractivity contribution in [2.24, 2.45) is 5.92 Å². The van der Waals surface area contributed by atoms with Crippen LogP contribution in [0.2, 0.25) is 5.02 Å². The van der Waals surface area contributed by atoms with Gasteiger partial charge in [0.05, 0.1) is 17.5 Å². The number of rotatable bonds is 4. The molecule has 0 saturated heterocycles. The van der Waals surface area contributed by atoms with Gasteiger partial charge in [0.25, 0.3) is 0 Å². The van der Waals surface area contributed by atoms with E-state index in [1.165, 1.54) is 0 Å². The Kier molecular flexibility index (Phi) is 5.01. The van der Waals surface area contributed by atoms with Gasteiger partial charge in [-0.2, -0.15) is 0 Å². The number of hydrogen-bond donors (Lipinski definition) is 0. The largest absolute Gasteiger partial charge is 0.481 e. The molecule has 108 valence electrons. The molecule has 1 aliphatic carbocycles. The molecule has 2 unspecified atom stereocenters. The molecule has 1 aromatic carbocycles. The molecule has 1 aliphatic rings. The van der Waals surface area contributed by atoms with Crippen LogP contribution in [0.1, 0.15) is 26.2 Å². The lowest BCUT2D eigenvalue weighted by molar-refractivity contribution is -0.151. The van der Waals surface area contributed by atoms with Gasteiger partial charge < -0.3 is 9.47 Å². The van der Waals surface area contributed by atoms with Crippen LogP contribution >= 0.6 is 11.6 Å². The number of carbonyl (C=O) groups is 2. The van der Waals surface area contributed by atoms with Crippen LogP contribution in [0.25, 0.3) is 0 Å². The third-order valence-corrected chi connectivity index (χ3v) is 3.63. The molecule has 5 heteroatoms. The fourth-order valence-corrected chi connectivity index (χ4v) is 2.45. The van der Waals surface area contributed by atoms with Gasteiger partial charge in [0, 0.05) is 12.8 Å². The van der Waals surface area contributed by atoms with Crippen LogP contribution in [-0.4, -0.2) is 24.5 Å². The number of carbonyl (C=O) groups excluding carboxylic acids is 2. The topological polar surface area (TPSA) is 52.6 Å². The maximum Gasteiger partial charge on any atom is 0.309 e. The van der Waals surface area contributed by atoms with Crippen molar-refractivity contribution in [3.05, 3.63) is 29.3 Å². The first-order valence-corrected chi connectivity index (χ1v) is 7.10. The van der Waals surface area contributed by atoms with Gasteiger partial charge >= 0.3 is 5.97 Å². The van der Waals surface area contributed by atoms with Crippen LogP contribution in [0.3, 0.4) is 0 Å². The molecule has 0 spiro atoms. The molecular formula is C15H17ClO4. The van der Waals surface area contributed by atoms with Crippen molar-refractivity contribution < 1.29 is 19.1 Å². The number of Topliss-reactive ketones (excluding diaryl/α,β-unsaturated/α-hetero) is 1. The van der Waals surface area contributed by atoms with Crippen molar-refractivity contribution in [1.82, 2.24) is 0 Å². The lowest BCUT2D eigenvalue weighted by Crippen LogP contribution is -2.37. The van der Waals surface area contributed by atoms with Crippen LogP contribution in [0.5, 0.6) is 5.75 Å². The van der Waals surface area contributed by atoms with Gasteiger partial charge in [-0.3, -0.25) is 9.59 Å². The number of ether oxygens (including phenoxy) is 2. The summed E-state index contributed by atoms with van der Waals surface area (Å²) in [6, 6.07) is 6.99. The lowest BCUT2D eigenvalue weighted by Gasteiger charge is -2.27. The molecule has 0 bridgehead atoms. The van der Waals surface area contributed by atoms with Crippen molar-refractivity contribution in [1.29, 1.82) is 0 Å². The summed E-state index contributed by atoms with van der Waals surface area (Å²) >= 11 is 6.01. The minimum absolute atomic E-state index is 0.00506. The monoisotopic (exact) mass is 296 g/mol. The van der Waals surface area contributed by atoms with Crippen molar-refractivity contribution in [2.45, 2.75) is 32.3 Å². The summed E-state index contributed by atoms with van der Waals surface area (Å²) in [5.41, 5.74) is 0. The Bertz CT molecular complexity index is 500. The van der Waals surface area contributed by atoms with Gasteiger partial charge in [0.1, 0.15) is 5.75 Å². The van der Waals surface area contributed by atoms with Crippen LogP contribution in [0.4, 0.5) is 0 Å².